The fourth-order valence-corrected chi connectivity index (χ4v) is 5.94. The Balaban J connectivity index is 2.11. The molecule has 0 saturated heterocycles. The van der Waals surface area contributed by atoms with E-state index in [1.54, 1.807) is 31.3 Å². The Kier molecular flexibility index (Phi) is 6.33. The number of hydrogen-bond donors (Lipinski definition) is 2. The number of nitrogens with zero attached hydrogens (tertiary/aromatic N) is 1. The highest BCUT2D eigenvalue weighted by molar-refractivity contribution is 7.93. The second-order valence-corrected chi connectivity index (χ2v) is 11.6. The Labute approximate surface area is 182 Å². The summed E-state index contributed by atoms with van der Waals surface area (Å²) in [7, 11) is -7.89. The predicted octanol–water partition coefficient (Wildman–Crippen LogP) is 4.31. The van der Waals surface area contributed by atoms with Gasteiger partial charge in [-0.15, -0.1) is 0 Å². The molecule has 0 bridgehead atoms. The number of anilines is 2. The van der Waals surface area contributed by atoms with Crippen LogP contribution in [0.4, 0.5) is 15.8 Å². The summed E-state index contributed by atoms with van der Waals surface area (Å²) in [5, 5.41) is 0.836. The van der Waals surface area contributed by atoms with Gasteiger partial charge < -0.3 is 4.98 Å². The Morgan fingerprint density at radius 1 is 1.03 bits per heavy atom. The number of benzene rings is 2. The van der Waals surface area contributed by atoms with E-state index in [0.29, 0.717) is 12.1 Å². The highest BCUT2D eigenvalue weighted by Crippen LogP contribution is 2.32. The molecule has 7 nitrogen and oxygen atoms in total. The molecule has 1 heterocycles. The Morgan fingerprint density at radius 2 is 1.74 bits per heavy atom. The first kappa shape index (κ1) is 23.1. The largest absolute Gasteiger partial charge is 0.361 e. The minimum absolute atomic E-state index is 0.0468. The summed E-state index contributed by atoms with van der Waals surface area (Å²) in [5.41, 5.74) is 1.24. The van der Waals surface area contributed by atoms with Crippen molar-refractivity contribution in [2.45, 2.75) is 38.1 Å². The first-order chi connectivity index (χ1) is 14.4. The standard InChI is InChI=1S/C21H26FN3O4S2/c1-14(2)11-15(3)25(18-6-7-20-16(12-18)9-10-23-20)31(28,29)21-8-5-17(13-19(21)22)24-30(4,26)27/h5-10,12-15,23-24H,11H2,1-4H3. The number of aromatic amines is 1. The van der Waals surface area contributed by atoms with Crippen LogP contribution in [-0.4, -0.2) is 34.1 Å². The minimum Gasteiger partial charge on any atom is -0.361 e. The van der Waals surface area contributed by atoms with Crippen LogP contribution in [0.1, 0.15) is 27.2 Å². The summed E-state index contributed by atoms with van der Waals surface area (Å²) >= 11 is 0. The molecular weight excluding hydrogens is 441 g/mol. The molecule has 3 rings (SSSR count). The van der Waals surface area contributed by atoms with Crippen molar-refractivity contribution in [3.8, 4) is 0 Å². The van der Waals surface area contributed by atoms with E-state index in [0.717, 1.165) is 29.3 Å². The van der Waals surface area contributed by atoms with Crippen LogP contribution in [0.15, 0.2) is 53.6 Å². The molecule has 2 aromatic carbocycles. The molecule has 0 radical (unpaired) electrons. The van der Waals surface area contributed by atoms with Crippen molar-refractivity contribution in [1.29, 1.82) is 0 Å². The van der Waals surface area contributed by atoms with Gasteiger partial charge in [-0.1, -0.05) is 13.8 Å². The second kappa shape index (κ2) is 8.51. The zero-order chi connectivity index (χ0) is 23.0. The SMILES string of the molecule is CC(C)CC(C)N(c1ccc2[nH]ccc2c1)S(=O)(=O)c1ccc(NS(C)(=O)=O)cc1F. The third-order valence-electron chi connectivity index (χ3n) is 4.78. The van der Waals surface area contributed by atoms with Crippen molar-refractivity contribution in [2.75, 3.05) is 15.3 Å². The molecule has 1 aromatic heterocycles. The monoisotopic (exact) mass is 467 g/mol. The average molecular weight is 468 g/mol. The van der Waals surface area contributed by atoms with Crippen LogP contribution in [0.3, 0.4) is 0 Å². The normalized spacial score (nSPS) is 13.5. The van der Waals surface area contributed by atoms with Gasteiger partial charge in [0.25, 0.3) is 10.0 Å². The van der Waals surface area contributed by atoms with Gasteiger partial charge in [0.1, 0.15) is 10.7 Å². The molecule has 0 fully saturated rings. The zero-order valence-corrected chi connectivity index (χ0v) is 19.4. The zero-order valence-electron chi connectivity index (χ0n) is 17.8. The van der Waals surface area contributed by atoms with Crippen molar-refractivity contribution in [2.24, 2.45) is 5.92 Å². The molecule has 2 N–H and O–H groups in total. The number of H-pyrrole nitrogens is 1. The van der Waals surface area contributed by atoms with E-state index in [1.807, 2.05) is 19.9 Å². The van der Waals surface area contributed by atoms with Crippen LogP contribution in [0, 0.1) is 11.7 Å². The van der Waals surface area contributed by atoms with E-state index in [-0.39, 0.29) is 11.6 Å². The fraction of sp³-hybridized carbons (Fsp3) is 0.333. The summed E-state index contributed by atoms with van der Waals surface area (Å²) in [4.78, 5) is 2.55. The highest BCUT2D eigenvalue weighted by Gasteiger charge is 2.32. The maximum atomic E-state index is 14.9. The number of halogens is 1. The van der Waals surface area contributed by atoms with Gasteiger partial charge >= 0.3 is 0 Å². The van der Waals surface area contributed by atoms with E-state index < -0.39 is 36.8 Å². The quantitative estimate of drug-likeness (QED) is 0.516. The first-order valence-corrected chi connectivity index (χ1v) is 13.1. The average Bonchev–Trinajstić information content (AvgIpc) is 3.07. The van der Waals surface area contributed by atoms with Crippen LogP contribution < -0.4 is 9.03 Å². The lowest BCUT2D eigenvalue weighted by atomic mass is 10.0. The van der Waals surface area contributed by atoms with E-state index in [9.17, 15) is 21.2 Å². The summed E-state index contributed by atoms with van der Waals surface area (Å²) in [5.74, 6) is -0.812. The molecule has 0 aliphatic carbocycles. The van der Waals surface area contributed by atoms with Crippen molar-refractivity contribution in [3.05, 3.63) is 54.5 Å². The van der Waals surface area contributed by atoms with E-state index in [4.69, 9.17) is 0 Å². The van der Waals surface area contributed by atoms with Crippen LogP contribution >= 0.6 is 0 Å². The predicted molar refractivity (Wildman–Crippen MR) is 122 cm³/mol. The molecule has 0 aliphatic rings. The number of hydrogen-bond acceptors (Lipinski definition) is 4. The maximum Gasteiger partial charge on any atom is 0.267 e. The van der Waals surface area contributed by atoms with Crippen molar-refractivity contribution in [3.63, 3.8) is 0 Å². The van der Waals surface area contributed by atoms with E-state index in [1.165, 1.54) is 10.4 Å². The number of aromatic nitrogens is 1. The number of sulfonamides is 2. The first-order valence-electron chi connectivity index (χ1n) is 9.77. The summed E-state index contributed by atoms with van der Waals surface area (Å²) in [6.07, 6.45) is 3.26. The minimum atomic E-state index is -4.27. The third kappa shape index (κ3) is 5.19. The molecule has 168 valence electrons. The van der Waals surface area contributed by atoms with Gasteiger partial charge in [0, 0.05) is 23.1 Å². The highest BCUT2D eigenvalue weighted by atomic mass is 32.2. The molecule has 0 aliphatic heterocycles. The van der Waals surface area contributed by atoms with Gasteiger partial charge in [-0.3, -0.25) is 9.03 Å². The number of rotatable bonds is 8. The van der Waals surface area contributed by atoms with Gasteiger partial charge in [-0.05, 0) is 61.7 Å². The second-order valence-electron chi connectivity index (χ2n) is 8.05. The number of nitrogens with one attached hydrogen (secondary N) is 2. The fourth-order valence-electron chi connectivity index (χ4n) is 3.68. The Hall–Kier alpha value is -2.59. The molecule has 0 amide bonds. The number of fused-ring (bicyclic) bond motifs is 1. The summed E-state index contributed by atoms with van der Waals surface area (Å²) < 4.78 is 68.2. The van der Waals surface area contributed by atoms with Crippen LogP contribution in [-0.2, 0) is 20.0 Å². The van der Waals surface area contributed by atoms with Gasteiger partial charge in [0.05, 0.1) is 17.6 Å². The van der Waals surface area contributed by atoms with Crippen molar-refractivity contribution >= 4 is 42.3 Å². The lowest BCUT2D eigenvalue weighted by Crippen LogP contribution is -2.40. The Bertz CT molecular complexity index is 1300. The van der Waals surface area contributed by atoms with Crippen molar-refractivity contribution < 1.29 is 21.2 Å². The summed E-state index contributed by atoms with van der Waals surface area (Å²) in [6, 6.07) is 9.81. The Morgan fingerprint density at radius 3 is 2.35 bits per heavy atom. The maximum absolute atomic E-state index is 14.9. The van der Waals surface area contributed by atoms with Crippen molar-refractivity contribution in [1.82, 2.24) is 4.98 Å². The molecule has 0 spiro atoms. The van der Waals surface area contributed by atoms with Gasteiger partial charge in [-0.25, -0.2) is 21.2 Å². The third-order valence-corrected chi connectivity index (χ3v) is 7.36. The lowest BCUT2D eigenvalue weighted by Gasteiger charge is -2.32. The van der Waals surface area contributed by atoms with Crippen LogP contribution in [0.25, 0.3) is 10.9 Å². The van der Waals surface area contributed by atoms with Gasteiger partial charge in [-0.2, -0.15) is 0 Å². The molecular formula is C21H26FN3O4S2. The molecule has 1 atom stereocenters. The molecule has 10 heteroatoms. The van der Waals surface area contributed by atoms with Gasteiger partial charge in [0.15, 0.2) is 0 Å². The molecule has 31 heavy (non-hydrogen) atoms. The van der Waals surface area contributed by atoms with E-state index >= 15 is 0 Å². The van der Waals surface area contributed by atoms with Crippen LogP contribution in [0.2, 0.25) is 0 Å². The van der Waals surface area contributed by atoms with Crippen LogP contribution in [0.5, 0.6) is 0 Å². The summed E-state index contributed by atoms with van der Waals surface area (Å²) in [6.45, 7) is 5.77. The lowest BCUT2D eigenvalue weighted by molar-refractivity contribution is 0.506. The van der Waals surface area contributed by atoms with E-state index in [2.05, 4.69) is 9.71 Å². The molecule has 0 saturated carbocycles. The van der Waals surface area contributed by atoms with Gasteiger partial charge in [0.2, 0.25) is 10.0 Å². The molecule has 3 aromatic rings. The topological polar surface area (TPSA) is 99.3 Å². The smallest absolute Gasteiger partial charge is 0.267 e. The molecule has 1 unspecified atom stereocenters.